The van der Waals surface area contributed by atoms with Crippen molar-refractivity contribution in [3.63, 3.8) is 0 Å². The van der Waals surface area contributed by atoms with Gasteiger partial charge in [0.2, 0.25) is 0 Å². The van der Waals surface area contributed by atoms with Gasteiger partial charge in [0.1, 0.15) is 6.10 Å². The number of halogens is 1. The SMILES string of the molecule is N#CCC(=O)c1ccc(C(O)C(O)CCl)cc1. The summed E-state index contributed by atoms with van der Waals surface area (Å²) in [5.74, 6) is -0.345. The Bertz CT molecular complexity index is 424. The molecule has 1 aromatic carbocycles. The van der Waals surface area contributed by atoms with E-state index < -0.39 is 12.2 Å². The Hall–Kier alpha value is -1.41. The van der Waals surface area contributed by atoms with Gasteiger partial charge in [0, 0.05) is 5.56 Å². The minimum atomic E-state index is -1.08. The van der Waals surface area contributed by atoms with Crippen LogP contribution in [0.5, 0.6) is 0 Å². The Morgan fingerprint density at radius 2 is 1.94 bits per heavy atom. The maximum atomic E-state index is 11.4. The van der Waals surface area contributed by atoms with Crippen LogP contribution in [-0.2, 0) is 0 Å². The summed E-state index contributed by atoms with van der Waals surface area (Å²) in [6.45, 7) is 0. The Labute approximate surface area is 104 Å². The monoisotopic (exact) mass is 253 g/mol. The molecule has 17 heavy (non-hydrogen) atoms. The largest absolute Gasteiger partial charge is 0.389 e. The molecule has 0 radical (unpaired) electrons. The van der Waals surface area contributed by atoms with E-state index in [-0.39, 0.29) is 18.1 Å². The number of carbonyl (C=O) groups is 1. The van der Waals surface area contributed by atoms with E-state index in [2.05, 4.69) is 0 Å². The molecule has 0 aromatic heterocycles. The Morgan fingerprint density at radius 1 is 1.35 bits per heavy atom. The van der Waals surface area contributed by atoms with Gasteiger partial charge < -0.3 is 10.2 Å². The number of nitriles is 1. The van der Waals surface area contributed by atoms with Crippen molar-refractivity contribution in [1.29, 1.82) is 5.26 Å². The number of aliphatic hydroxyl groups is 2. The number of aliphatic hydroxyl groups excluding tert-OH is 2. The molecule has 1 rings (SSSR count). The topological polar surface area (TPSA) is 81.3 Å². The van der Waals surface area contributed by atoms with Crippen molar-refractivity contribution in [2.24, 2.45) is 0 Å². The van der Waals surface area contributed by atoms with Gasteiger partial charge in [-0.1, -0.05) is 24.3 Å². The van der Waals surface area contributed by atoms with Gasteiger partial charge >= 0.3 is 0 Å². The van der Waals surface area contributed by atoms with Crippen molar-refractivity contribution in [3.05, 3.63) is 35.4 Å². The molecular formula is C12H12ClNO3. The summed E-state index contributed by atoms with van der Waals surface area (Å²) in [5, 5.41) is 27.4. The van der Waals surface area contributed by atoms with Gasteiger partial charge in [0.05, 0.1) is 24.5 Å². The molecule has 0 amide bonds. The summed E-state index contributed by atoms with van der Waals surface area (Å²) in [6.07, 6.45) is -2.29. The Kier molecular flexibility index (Phi) is 5.11. The molecule has 0 bridgehead atoms. The lowest BCUT2D eigenvalue weighted by Crippen LogP contribution is -2.19. The number of carbonyl (C=O) groups excluding carboxylic acids is 1. The van der Waals surface area contributed by atoms with E-state index >= 15 is 0 Å². The molecule has 0 heterocycles. The number of rotatable bonds is 5. The Balaban J connectivity index is 2.81. The van der Waals surface area contributed by atoms with E-state index in [1.165, 1.54) is 24.3 Å². The molecular weight excluding hydrogens is 242 g/mol. The molecule has 5 heteroatoms. The van der Waals surface area contributed by atoms with Crippen molar-refractivity contribution in [2.75, 3.05) is 5.88 Å². The number of hydrogen-bond acceptors (Lipinski definition) is 4. The Morgan fingerprint density at radius 3 is 2.41 bits per heavy atom. The highest BCUT2D eigenvalue weighted by Gasteiger charge is 2.17. The lowest BCUT2D eigenvalue weighted by atomic mass is 10.0. The van der Waals surface area contributed by atoms with Gasteiger partial charge in [-0.25, -0.2) is 0 Å². The van der Waals surface area contributed by atoms with E-state index in [4.69, 9.17) is 16.9 Å². The summed E-state index contributed by atoms with van der Waals surface area (Å²) < 4.78 is 0. The van der Waals surface area contributed by atoms with Gasteiger partial charge in [-0.05, 0) is 5.56 Å². The van der Waals surface area contributed by atoms with E-state index in [1.807, 2.05) is 0 Å². The minimum absolute atomic E-state index is 0.0731. The van der Waals surface area contributed by atoms with Crippen LogP contribution in [0.1, 0.15) is 28.4 Å². The quantitative estimate of drug-likeness (QED) is 0.614. The number of benzene rings is 1. The highest BCUT2D eigenvalue weighted by Crippen LogP contribution is 2.18. The van der Waals surface area contributed by atoms with Crippen LogP contribution in [0.25, 0.3) is 0 Å². The van der Waals surface area contributed by atoms with Gasteiger partial charge in [0.25, 0.3) is 0 Å². The van der Waals surface area contributed by atoms with Gasteiger partial charge in [-0.15, -0.1) is 11.6 Å². The summed E-state index contributed by atoms with van der Waals surface area (Å²) in [6, 6.07) is 7.87. The van der Waals surface area contributed by atoms with Crippen LogP contribution in [-0.4, -0.2) is 28.0 Å². The number of hydrogen-bond donors (Lipinski definition) is 2. The smallest absolute Gasteiger partial charge is 0.176 e. The van der Waals surface area contributed by atoms with Crippen LogP contribution in [0.2, 0.25) is 0 Å². The predicted octanol–water partition coefficient (Wildman–Crippen LogP) is 1.42. The minimum Gasteiger partial charge on any atom is -0.389 e. The summed E-state index contributed by atoms with van der Waals surface area (Å²) in [7, 11) is 0. The van der Waals surface area contributed by atoms with Crippen LogP contribution < -0.4 is 0 Å². The van der Waals surface area contributed by atoms with Crippen LogP contribution in [0, 0.1) is 11.3 Å². The number of ketones is 1. The zero-order valence-corrected chi connectivity index (χ0v) is 9.76. The zero-order valence-electron chi connectivity index (χ0n) is 9.01. The molecule has 0 saturated carbocycles. The highest BCUT2D eigenvalue weighted by atomic mass is 35.5. The molecule has 1 aromatic rings. The van der Waals surface area contributed by atoms with Crippen molar-refractivity contribution >= 4 is 17.4 Å². The molecule has 0 aliphatic carbocycles. The first-order valence-electron chi connectivity index (χ1n) is 5.02. The fourth-order valence-corrected chi connectivity index (χ4v) is 1.52. The third kappa shape index (κ3) is 3.53. The third-order valence-electron chi connectivity index (χ3n) is 2.34. The molecule has 90 valence electrons. The summed E-state index contributed by atoms with van der Waals surface area (Å²) in [5.41, 5.74) is 0.884. The second-order valence-corrected chi connectivity index (χ2v) is 3.86. The van der Waals surface area contributed by atoms with Crippen LogP contribution in [0.4, 0.5) is 0 Å². The van der Waals surface area contributed by atoms with Crippen molar-refractivity contribution < 1.29 is 15.0 Å². The fraction of sp³-hybridized carbons (Fsp3) is 0.333. The molecule has 0 saturated heterocycles. The molecule has 0 aliphatic rings. The van der Waals surface area contributed by atoms with Gasteiger partial charge in [0.15, 0.2) is 5.78 Å². The maximum Gasteiger partial charge on any atom is 0.176 e. The maximum absolute atomic E-state index is 11.4. The van der Waals surface area contributed by atoms with Crippen LogP contribution in [0.3, 0.4) is 0 Å². The normalized spacial score (nSPS) is 13.8. The standard InChI is InChI=1S/C12H12ClNO3/c13-7-11(16)12(17)9-3-1-8(2-4-9)10(15)5-6-14/h1-4,11-12,16-17H,5,7H2. The van der Waals surface area contributed by atoms with E-state index in [9.17, 15) is 15.0 Å². The summed E-state index contributed by atoms with van der Waals surface area (Å²) in [4.78, 5) is 11.4. The summed E-state index contributed by atoms with van der Waals surface area (Å²) >= 11 is 5.42. The average molecular weight is 254 g/mol. The molecule has 0 spiro atoms. The van der Waals surface area contributed by atoms with Crippen molar-refractivity contribution in [1.82, 2.24) is 0 Å². The fourth-order valence-electron chi connectivity index (χ4n) is 1.35. The van der Waals surface area contributed by atoms with Crippen molar-refractivity contribution in [2.45, 2.75) is 18.6 Å². The molecule has 2 atom stereocenters. The molecule has 0 aliphatic heterocycles. The molecule has 2 N–H and O–H groups in total. The van der Waals surface area contributed by atoms with Gasteiger partial charge in [-0.2, -0.15) is 5.26 Å². The molecule has 4 nitrogen and oxygen atoms in total. The number of alkyl halides is 1. The molecule has 2 unspecified atom stereocenters. The van der Waals surface area contributed by atoms with E-state index in [0.29, 0.717) is 11.1 Å². The second-order valence-electron chi connectivity index (χ2n) is 3.55. The molecule has 0 fully saturated rings. The first kappa shape index (κ1) is 13.7. The second kappa shape index (κ2) is 6.36. The number of nitrogens with zero attached hydrogens (tertiary/aromatic N) is 1. The van der Waals surface area contributed by atoms with Crippen molar-refractivity contribution in [3.8, 4) is 6.07 Å². The first-order chi connectivity index (χ1) is 8.10. The van der Waals surface area contributed by atoms with E-state index in [0.717, 1.165) is 0 Å². The first-order valence-corrected chi connectivity index (χ1v) is 5.55. The predicted molar refractivity (Wildman–Crippen MR) is 62.7 cm³/mol. The average Bonchev–Trinajstić information content (AvgIpc) is 2.37. The lowest BCUT2D eigenvalue weighted by molar-refractivity contribution is 0.0327. The zero-order chi connectivity index (χ0) is 12.8. The number of Topliss-reactive ketones (excluding diaryl/α,β-unsaturated/α-hetero) is 1. The van der Waals surface area contributed by atoms with Gasteiger partial charge in [-0.3, -0.25) is 4.79 Å². The third-order valence-corrected chi connectivity index (χ3v) is 2.65. The van der Waals surface area contributed by atoms with Crippen LogP contribution in [0.15, 0.2) is 24.3 Å². The lowest BCUT2D eigenvalue weighted by Gasteiger charge is -2.15. The van der Waals surface area contributed by atoms with E-state index in [1.54, 1.807) is 6.07 Å². The van der Waals surface area contributed by atoms with Crippen LogP contribution >= 0.6 is 11.6 Å². The highest BCUT2D eigenvalue weighted by molar-refractivity contribution is 6.18.